The van der Waals surface area contributed by atoms with E-state index in [4.69, 9.17) is 0 Å². The van der Waals surface area contributed by atoms with E-state index in [9.17, 15) is 4.79 Å². The van der Waals surface area contributed by atoms with E-state index < -0.39 is 0 Å². The van der Waals surface area contributed by atoms with Crippen LogP contribution in [0.4, 0.5) is 0 Å². The second kappa shape index (κ2) is 5.80. The Hall–Kier alpha value is -0.640. The third-order valence-electron chi connectivity index (χ3n) is 3.24. The maximum absolute atomic E-state index is 12.0. The molecule has 1 aromatic heterocycles. The van der Waals surface area contributed by atoms with Gasteiger partial charge in [0.05, 0.1) is 0 Å². The van der Waals surface area contributed by atoms with Crippen LogP contribution < -0.4 is 5.69 Å². The van der Waals surface area contributed by atoms with Crippen molar-refractivity contribution in [2.75, 3.05) is 5.75 Å². The van der Waals surface area contributed by atoms with Gasteiger partial charge < -0.3 is 0 Å². The monoisotopic (exact) mass is 256 g/mol. The summed E-state index contributed by atoms with van der Waals surface area (Å²) in [6.45, 7) is 10.2. The highest BCUT2D eigenvalue weighted by molar-refractivity contribution is 7.80. The minimum atomic E-state index is 0.0999. The summed E-state index contributed by atoms with van der Waals surface area (Å²) in [4.78, 5) is 12.0. The Morgan fingerprint density at radius 2 is 1.88 bits per heavy atom. The van der Waals surface area contributed by atoms with Gasteiger partial charge >= 0.3 is 5.69 Å². The van der Waals surface area contributed by atoms with Crippen LogP contribution in [0.2, 0.25) is 0 Å². The van der Waals surface area contributed by atoms with Gasteiger partial charge in [-0.2, -0.15) is 12.6 Å². The van der Waals surface area contributed by atoms with Crippen molar-refractivity contribution in [1.29, 1.82) is 0 Å². The number of imidazole rings is 1. The summed E-state index contributed by atoms with van der Waals surface area (Å²) < 4.78 is 3.58. The van der Waals surface area contributed by atoms with Gasteiger partial charge in [-0.1, -0.05) is 27.7 Å². The van der Waals surface area contributed by atoms with Crippen molar-refractivity contribution >= 4 is 12.6 Å². The molecule has 0 aliphatic carbocycles. The molecule has 4 heteroatoms. The lowest BCUT2D eigenvalue weighted by atomic mass is 9.82. The molecule has 1 atom stereocenters. The Morgan fingerprint density at radius 1 is 1.29 bits per heavy atom. The third-order valence-corrected chi connectivity index (χ3v) is 3.69. The zero-order valence-corrected chi connectivity index (χ0v) is 12.2. The predicted octanol–water partition coefficient (Wildman–Crippen LogP) is 2.65. The molecule has 1 rings (SSSR count). The summed E-state index contributed by atoms with van der Waals surface area (Å²) in [5.41, 5.74) is 0.275. The Balaban J connectivity index is 2.84. The number of nitrogens with zero attached hydrogens (tertiary/aromatic N) is 2. The van der Waals surface area contributed by atoms with E-state index in [1.807, 2.05) is 17.0 Å². The van der Waals surface area contributed by atoms with Gasteiger partial charge in [0.1, 0.15) is 0 Å². The maximum Gasteiger partial charge on any atom is 0.328 e. The lowest BCUT2D eigenvalue weighted by molar-refractivity contribution is 0.236. The topological polar surface area (TPSA) is 26.9 Å². The zero-order valence-electron chi connectivity index (χ0n) is 11.3. The Labute approximate surface area is 109 Å². The van der Waals surface area contributed by atoms with E-state index in [0.717, 1.165) is 25.3 Å². The van der Waals surface area contributed by atoms with Crippen molar-refractivity contribution in [3.8, 4) is 0 Å². The quantitative estimate of drug-likeness (QED) is 0.806. The maximum atomic E-state index is 12.0. The van der Waals surface area contributed by atoms with Gasteiger partial charge in [0.2, 0.25) is 0 Å². The molecule has 1 aromatic rings. The van der Waals surface area contributed by atoms with E-state index in [2.05, 4.69) is 40.3 Å². The van der Waals surface area contributed by atoms with Crippen LogP contribution in [0.3, 0.4) is 0 Å². The molecule has 98 valence electrons. The van der Waals surface area contributed by atoms with Crippen molar-refractivity contribution in [1.82, 2.24) is 9.13 Å². The Bertz CT molecular complexity index is 400. The van der Waals surface area contributed by atoms with Gasteiger partial charge in [0.25, 0.3) is 0 Å². The van der Waals surface area contributed by atoms with Crippen LogP contribution in [0.1, 0.15) is 34.1 Å². The average molecular weight is 256 g/mol. The standard InChI is InChI=1S/C13H24N2OS/c1-5-6-14-7-8-15(12(14)16)9-11(10-17)13(2,3)4/h7-8,11,17H,5-6,9-10H2,1-4H3. The summed E-state index contributed by atoms with van der Waals surface area (Å²) in [6.07, 6.45) is 4.75. The molecule has 0 fully saturated rings. The largest absolute Gasteiger partial charge is 0.328 e. The Kier molecular flexibility index (Phi) is 4.92. The average Bonchev–Trinajstić information content (AvgIpc) is 2.56. The van der Waals surface area contributed by atoms with E-state index in [-0.39, 0.29) is 11.1 Å². The molecule has 0 amide bonds. The molecule has 17 heavy (non-hydrogen) atoms. The van der Waals surface area contributed by atoms with Crippen molar-refractivity contribution in [2.24, 2.45) is 11.3 Å². The first-order valence-electron chi connectivity index (χ1n) is 6.26. The first kappa shape index (κ1) is 14.4. The first-order chi connectivity index (χ1) is 7.90. The van der Waals surface area contributed by atoms with Crippen LogP contribution in [-0.4, -0.2) is 14.9 Å². The second-order valence-corrected chi connectivity index (χ2v) is 6.04. The van der Waals surface area contributed by atoms with E-state index >= 15 is 0 Å². The molecule has 0 saturated carbocycles. The summed E-state index contributed by atoms with van der Waals surface area (Å²) >= 11 is 4.40. The molecule has 3 nitrogen and oxygen atoms in total. The normalized spacial score (nSPS) is 13.9. The molecule has 0 saturated heterocycles. The van der Waals surface area contributed by atoms with Gasteiger partial charge in [0, 0.05) is 25.5 Å². The van der Waals surface area contributed by atoms with Crippen molar-refractivity contribution < 1.29 is 0 Å². The second-order valence-electron chi connectivity index (χ2n) is 5.67. The molecule has 0 aliphatic heterocycles. The van der Waals surface area contributed by atoms with Crippen molar-refractivity contribution in [2.45, 2.75) is 47.2 Å². The number of hydrogen-bond acceptors (Lipinski definition) is 2. The molecular formula is C13H24N2OS. The highest BCUT2D eigenvalue weighted by atomic mass is 32.1. The highest BCUT2D eigenvalue weighted by Gasteiger charge is 2.24. The van der Waals surface area contributed by atoms with Gasteiger partial charge in [-0.25, -0.2) is 4.79 Å². The highest BCUT2D eigenvalue weighted by Crippen LogP contribution is 2.27. The molecule has 0 spiro atoms. The predicted molar refractivity (Wildman–Crippen MR) is 75.8 cm³/mol. The number of aromatic nitrogens is 2. The SMILES string of the molecule is CCCn1ccn(CC(CS)C(C)(C)C)c1=O. The summed E-state index contributed by atoms with van der Waals surface area (Å²) in [7, 11) is 0. The number of rotatable bonds is 5. The fourth-order valence-electron chi connectivity index (χ4n) is 1.85. The van der Waals surface area contributed by atoms with Gasteiger partial charge in [0.15, 0.2) is 0 Å². The summed E-state index contributed by atoms with van der Waals surface area (Å²) in [5, 5.41) is 0. The fourth-order valence-corrected chi connectivity index (χ4v) is 2.51. The smallest absolute Gasteiger partial charge is 0.299 e. The summed E-state index contributed by atoms with van der Waals surface area (Å²) in [5.74, 6) is 1.20. The van der Waals surface area contributed by atoms with Gasteiger partial charge in [-0.3, -0.25) is 9.13 Å². The van der Waals surface area contributed by atoms with Crippen LogP contribution in [0.25, 0.3) is 0 Å². The fraction of sp³-hybridized carbons (Fsp3) is 0.769. The van der Waals surface area contributed by atoms with Crippen molar-refractivity contribution in [3.05, 3.63) is 22.9 Å². The van der Waals surface area contributed by atoms with Crippen LogP contribution in [-0.2, 0) is 13.1 Å². The van der Waals surface area contributed by atoms with E-state index in [1.165, 1.54) is 0 Å². The van der Waals surface area contributed by atoms with Crippen LogP contribution in [0, 0.1) is 11.3 Å². The molecule has 0 aliphatic rings. The van der Waals surface area contributed by atoms with E-state index in [1.54, 1.807) is 4.57 Å². The number of thiol groups is 1. The lowest BCUT2D eigenvalue weighted by Crippen LogP contribution is -2.32. The first-order valence-corrected chi connectivity index (χ1v) is 6.89. The summed E-state index contributed by atoms with van der Waals surface area (Å²) in [6, 6.07) is 0. The third kappa shape index (κ3) is 3.66. The van der Waals surface area contributed by atoms with Crippen LogP contribution in [0.5, 0.6) is 0 Å². The number of hydrogen-bond donors (Lipinski definition) is 1. The minimum Gasteiger partial charge on any atom is -0.299 e. The zero-order chi connectivity index (χ0) is 13.1. The molecule has 0 bridgehead atoms. The van der Waals surface area contributed by atoms with Gasteiger partial charge in [-0.15, -0.1) is 0 Å². The molecule has 0 radical (unpaired) electrons. The molecule has 0 aromatic carbocycles. The number of aryl methyl sites for hydroxylation is 1. The minimum absolute atomic E-state index is 0.0999. The molecule has 0 N–H and O–H groups in total. The van der Waals surface area contributed by atoms with Gasteiger partial charge in [-0.05, 0) is 23.5 Å². The Morgan fingerprint density at radius 3 is 2.35 bits per heavy atom. The molecular weight excluding hydrogens is 232 g/mol. The van der Waals surface area contributed by atoms with Crippen LogP contribution >= 0.6 is 12.6 Å². The van der Waals surface area contributed by atoms with E-state index in [0.29, 0.717) is 5.92 Å². The lowest BCUT2D eigenvalue weighted by Gasteiger charge is -2.29. The van der Waals surface area contributed by atoms with Crippen LogP contribution in [0.15, 0.2) is 17.2 Å². The molecule has 1 heterocycles. The van der Waals surface area contributed by atoms with Crippen molar-refractivity contribution in [3.63, 3.8) is 0 Å². The molecule has 1 unspecified atom stereocenters.